The average Bonchev–Trinajstić information content (AvgIpc) is 3.34. The highest BCUT2D eigenvalue weighted by molar-refractivity contribution is 6.27. The molecule has 4 N–H and O–H groups in total. The van der Waals surface area contributed by atoms with Crippen LogP contribution in [-0.2, 0) is 37.0 Å². The van der Waals surface area contributed by atoms with Crippen LogP contribution in [0.4, 0.5) is 4.39 Å². The molecule has 4 rings (SSSR count). The van der Waals surface area contributed by atoms with Gasteiger partial charge in [-0.25, -0.2) is 33.5 Å². The molecule has 0 atom stereocenters. The Morgan fingerprint density at radius 2 is 1.43 bits per heavy atom. The molecule has 0 aliphatic carbocycles. The van der Waals surface area contributed by atoms with Crippen LogP contribution in [0, 0.1) is 5.82 Å². The van der Waals surface area contributed by atoms with Crippen LogP contribution < -0.4 is 4.74 Å². The molecule has 0 radical (unpaired) electrons. The van der Waals surface area contributed by atoms with Crippen LogP contribution in [0.25, 0.3) is 11.2 Å². The van der Waals surface area contributed by atoms with Gasteiger partial charge in [0.25, 0.3) is 0 Å². The lowest BCUT2D eigenvalue weighted by Crippen LogP contribution is -2.46. The van der Waals surface area contributed by atoms with E-state index in [0.717, 1.165) is 75.0 Å². The predicted octanol–water partition coefficient (Wildman–Crippen LogP) is 1.50. The van der Waals surface area contributed by atoms with Gasteiger partial charge in [-0.2, -0.15) is 0 Å². The zero-order valence-corrected chi connectivity index (χ0v) is 24.2. The summed E-state index contributed by atoms with van der Waals surface area (Å²) in [6, 6.07) is 10.2. The number of pyridine rings is 1. The Labute approximate surface area is 252 Å². The number of imidazole rings is 1. The smallest absolute Gasteiger partial charge is 0.414 e. The van der Waals surface area contributed by atoms with Crippen molar-refractivity contribution in [2.45, 2.75) is 26.4 Å². The standard InChI is InChI=1S/C24H32FN5O2.2C2H2O4/c1-2-31-18-16-30-23(27-22-5-3-10-26-24(22)30)19-29-14-12-28(13-15-29)11-4-17-32-21-8-6-20(25)7-9-21;2*3-1(4)2(5)6/h3,5-10H,2,4,11-19H2,1H3;2*(H,3,4)(H,5,6). The number of rotatable bonds is 11. The van der Waals surface area contributed by atoms with E-state index >= 15 is 0 Å². The van der Waals surface area contributed by atoms with Crippen molar-refractivity contribution in [2.24, 2.45) is 0 Å². The second-order valence-electron chi connectivity index (χ2n) is 9.22. The molecule has 0 bridgehead atoms. The van der Waals surface area contributed by atoms with Crippen LogP contribution >= 0.6 is 0 Å². The fourth-order valence-electron chi connectivity index (χ4n) is 4.04. The highest BCUT2D eigenvalue weighted by Gasteiger charge is 2.20. The summed E-state index contributed by atoms with van der Waals surface area (Å²) in [7, 11) is 0. The number of benzene rings is 1. The molecular formula is C28H36FN5O10. The SMILES string of the molecule is CCOCCn1c(CN2CCN(CCCOc3ccc(F)cc3)CC2)nc2cccnc21.O=C(O)C(=O)O.O=C(O)C(=O)O. The normalized spacial score (nSPS) is 13.2. The first-order valence-corrected chi connectivity index (χ1v) is 13.6. The van der Waals surface area contributed by atoms with Gasteiger partial charge in [-0.3, -0.25) is 4.90 Å². The van der Waals surface area contributed by atoms with Crippen molar-refractivity contribution in [1.29, 1.82) is 0 Å². The molecule has 16 heteroatoms. The van der Waals surface area contributed by atoms with Crippen molar-refractivity contribution in [1.82, 2.24) is 24.3 Å². The largest absolute Gasteiger partial charge is 0.494 e. The minimum Gasteiger partial charge on any atom is -0.494 e. The van der Waals surface area contributed by atoms with Gasteiger partial charge in [0.05, 0.1) is 19.8 Å². The van der Waals surface area contributed by atoms with Crippen molar-refractivity contribution in [2.75, 3.05) is 52.5 Å². The summed E-state index contributed by atoms with van der Waals surface area (Å²) in [6.07, 6.45) is 2.78. The summed E-state index contributed by atoms with van der Waals surface area (Å²) in [4.78, 5) is 50.7. The lowest BCUT2D eigenvalue weighted by atomic mass is 10.3. The second-order valence-corrected chi connectivity index (χ2v) is 9.22. The van der Waals surface area contributed by atoms with Crippen LogP contribution in [0.5, 0.6) is 5.75 Å². The fraction of sp³-hybridized carbons (Fsp3) is 0.429. The third-order valence-electron chi connectivity index (χ3n) is 6.14. The first-order chi connectivity index (χ1) is 21.0. The Balaban J connectivity index is 0.000000477. The molecule has 1 aliphatic rings. The molecule has 1 aromatic carbocycles. The third-order valence-corrected chi connectivity index (χ3v) is 6.14. The van der Waals surface area contributed by atoms with E-state index in [-0.39, 0.29) is 5.82 Å². The number of ether oxygens (including phenoxy) is 2. The minimum absolute atomic E-state index is 0.239. The lowest BCUT2D eigenvalue weighted by molar-refractivity contribution is -0.159. The van der Waals surface area contributed by atoms with E-state index in [1.807, 2.05) is 25.3 Å². The fourth-order valence-corrected chi connectivity index (χ4v) is 4.04. The number of carboxylic acid groups (broad SMARTS) is 4. The van der Waals surface area contributed by atoms with Gasteiger partial charge in [0.1, 0.15) is 22.9 Å². The molecule has 44 heavy (non-hydrogen) atoms. The quantitative estimate of drug-likeness (QED) is 0.177. The molecule has 15 nitrogen and oxygen atoms in total. The number of hydrogen-bond acceptors (Lipinski definition) is 10. The molecule has 1 saturated heterocycles. The van der Waals surface area contributed by atoms with E-state index < -0.39 is 23.9 Å². The summed E-state index contributed by atoms with van der Waals surface area (Å²) in [5.41, 5.74) is 1.88. The maximum absolute atomic E-state index is 13.0. The zero-order chi connectivity index (χ0) is 32.5. The van der Waals surface area contributed by atoms with Crippen LogP contribution in [0.1, 0.15) is 19.2 Å². The van der Waals surface area contributed by atoms with Gasteiger partial charge < -0.3 is 39.4 Å². The number of fused-ring (bicyclic) bond motifs is 1. The molecule has 240 valence electrons. The molecule has 0 amide bonds. The Morgan fingerprint density at radius 3 is 2.00 bits per heavy atom. The maximum Gasteiger partial charge on any atom is 0.414 e. The van der Waals surface area contributed by atoms with Gasteiger partial charge in [0, 0.05) is 52.1 Å². The summed E-state index contributed by atoms with van der Waals surface area (Å²) in [6.45, 7) is 10.7. The molecule has 2 aromatic heterocycles. The second kappa shape index (κ2) is 18.8. The molecule has 3 heterocycles. The van der Waals surface area contributed by atoms with Crippen molar-refractivity contribution in [3.8, 4) is 5.75 Å². The van der Waals surface area contributed by atoms with E-state index in [4.69, 9.17) is 54.1 Å². The van der Waals surface area contributed by atoms with Gasteiger partial charge in [-0.15, -0.1) is 0 Å². The number of carboxylic acids is 4. The lowest BCUT2D eigenvalue weighted by Gasteiger charge is -2.34. The molecule has 0 unspecified atom stereocenters. The highest BCUT2D eigenvalue weighted by atomic mass is 19.1. The summed E-state index contributed by atoms with van der Waals surface area (Å²) >= 11 is 0. The van der Waals surface area contributed by atoms with Crippen LogP contribution in [0.2, 0.25) is 0 Å². The zero-order valence-electron chi connectivity index (χ0n) is 24.2. The van der Waals surface area contributed by atoms with E-state index in [2.05, 4.69) is 19.4 Å². The summed E-state index contributed by atoms with van der Waals surface area (Å²) in [5.74, 6) is -5.76. The Kier molecular flexibility index (Phi) is 15.2. The summed E-state index contributed by atoms with van der Waals surface area (Å²) < 4.78 is 26.4. The number of halogens is 1. The van der Waals surface area contributed by atoms with Gasteiger partial charge in [0.15, 0.2) is 5.65 Å². The van der Waals surface area contributed by atoms with Gasteiger partial charge >= 0.3 is 23.9 Å². The third kappa shape index (κ3) is 12.7. The number of nitrogens with zero attached hydrogens (tertiary/aromatic N) is 5. The van der Waals surface area contributed by atoms with Crippen molar-refractivity contribution < 1.29 is 53.5 Å². The highest BCUT2D eigenvalue weighted by Crippen LogP contribution is 2.17. The van der Waals surface area contributed by atoms with Crippen molar-refractivity contribution in [3.63, 3.8) is 0 Å². The molecule has 3 aromatic rings. The van der Waals surface area contributed by atoms with Gasteiger partial charge in [0.2, 0.25) is 0 Å². The maximum atomic E-state index is 13.0. The number of carbonyl (C=O) groups is 4. The summed E-state index contributed by atoms with van der Waals surface area (Å²) in [5, 5.41) is 29.6. The molecular weight excluding hydrogens is 585 g/mol. The van der Waals surface area contributed by atoms with E-state index in [1.165, 1.54) is 12.1 Å². The van der Waals surface area contributed by atoms with Gasteiger partial charge in [-0.1, -0.05) is 0 Å². The van der Waals surface area contributed by atoms with Crippen LogP contribution in [0.15, 0.2) is 42.6 Å². The Morgan fingerprint density at radius 1 is 0.841 bits per heavy atom. The number of aliphatic carboxylic acids is 4. The van der Waals surface area contributed by atoms with E-state index in [1.54, 1.807) is 12.1 Å². The minimum atomic E-state index is -1.82. The number of piperazine rings is 1. The van der Waals surface area contributed by atoms with Gasteiger partial charge in [-0.05, 0) is 49.7 Å². The predicted molar refractivity (Wildman–Crippen MR) is 153 cm³/mol. The topological polar surface area (TPSA) is 205 Å². The average molecular weight is 622 g/mol. The monoisotopic (exact) mass is 621 g/mol. The number of aromatic nitrogens is 3. The Bertz CT molecular complexity index is 1310. The van der Waals surface area contributed by atoms with Crippen molar-refractivity contribution >= 4 is 35.0 Å². The molecule has 0 spiro atoms. The van der Waals surface area contributed by atoms with Crippen LogP contribution in [0.3, 0.4) is 0 Å². The molecule has 1 fully saturated rings. The number of hydrogen-bond donors (Lipinski definition) is 4. The van der Waals surface area contributed by atoms with E-state index in [9.17, 15) is 4.39 Å². The first kappa shape index (κ1) is 35.5. The first-order valence-electron chi connectivity index (χ1n) is 13.6. The molecule has 1 aliphatic heterocycles. The Hall–Kier alpha value is -4.67. The van der Waals surface area contributed by atoms with Crippen molar-refractivity contribution in [3.05, 3.63) is 54.2 Å². The van der Waals surface area contributed by atoms with E-state index in [0.29, 0.717) is 19.8 Å². The van der Waals surface area contributed by atoms with Crippen LogP contribution in [-0.4, -0.2) is 121 Å². The molecule has 0 saturated carbocycles.